The molecule has 0 saturated carbocycles. The summed E-state index contributed by atoms with van der Waals surface area (Å²) in [5.41, 5.74) is 0.309. The van der Waals surface area contributed by atoms with Gasteiger partial charge in [-0.3, -0.25) is 4.90 Å². The summed E-state index contributed by atoms with van der Waals surface area (Å²) in [6.07, 6.45) is 5.51. The Hall–Kier alpha value is -0.300. The highest BCUT2D eigenvalue weighted by Crippen LogP contribution is 2.22. The lowest BCUT2D eigenvalue weighted by Crippen LogP contribution is -2.46. The first kappa shape index (κ1) is 12.7. The summed E-state index contributed by atoms with van der Waals surface area (Å²) in [6.45, 7) is 12.9. The predicted octanol–water partition coefficient (Wildman–Crippen LogP) is 3.46. The minimum atomic E-state index is 0.309. The standard InChI is InChI=1S/C12H25N/c1-7-10-11(8-2)13(6)12(4,5)9-3/h7,11H,1,8-10H2,2-6H3. The Bertz CT molecular complexity index is 149. The smallest absolute Gasteiger partial charge is 0.0150 e. The van der Waals surface area contributed by atoms with Gasteiger partial charge in [0.25, 0.3) is 0 Å². The summed E-state index contributed by atoms with van der Waals surface area (Å²) in [5.74, 6) is 0. The molecule has 0 amide bonds. The average Bonchev–Trinajstić information content (AvgIpc) is 2.13. The minimum absolute atomic E-state index is 0.309. The van der Waals surface area contributed by atoms with Crippen LogP contribution in [-0.4, -0.2) is 23.5 Å². The topological polar surface area (TPSA) is 3.24 Å². The Balaban J connectivity index is 4.34. The molecule has 0 heterocycles. The average molecular weight is 183 g/mol. The van der Waals surface area contributed by atoms with Gasteiger partial charge < -0.3 is 0 Å². The maximum absolute atomic E-state index is 3.81. The molecule has 0 aromatic rings. The fourth-order valence-corrected chi connectivity index (χ4v) is 1.53. The Labute approximate surface area is 83.8 Å². The second-order valence-electron chi connectivity index (χ2n) is 4.36. The van der Waals surface area contributed by atoms with Gasteiger partial charge in [-0.25, -0.2) is 0 Å². The van der Waals surface area contributed by atoms with E-state index in [1.807, 2.05) is 6.08 Å². The second kappa shape index (κ2) is 5.43. The lowest BCUT2D eigenvalue weighted by molar-refractivity contribution is 0.0955. The highest BCUT2D eigenvalue weighted by Gasteiger charge is 2.25. The van der Waals surface area contributed by atoms with E-state index >= 15 is 0 Å². The van der Waals surface area contributed by atoms with E-state index in [2.05, 4.69) is 46.2 Å². The number of nitrogens with zero attached hydrogens (tertiary/aromatic N) is 1. The van der Waals surface area contributed by atoms with Crippen LogP contribution in [0.2, 0.25) is 0 Å². The molecule has 1 unspecified atom stereocenters. The predicted molar refractivity (Wildman–Crippen MR) is 61.0 cm³/mol. The lowest BCUT2D eigenvalue weighted by Gasteiger charge is -2.40. The molecular weight excluding hydrogens is 158 g/mol. The molecule has 1 nitrogen and oxygen atoms in total. The molecule has 0 radical (unpaired) electrons. The first-order valence-electron chi connectivity index (χ1n) is 5.33. The van der Waals surface area contributed by atoms with Gasteiger partial charge in [0.05, 0.1) is 0 Å². The first-order valence-corrected chi connectivity index (χ1v) is 5.33. The number of rotatable bonds is 6. The van der Waals surface area contributed by atoms with Crippen LogP contribution in [0.1, 0.15) is 47.0 Å². The van der Waals surface area contributed by atoms with Crippen molar-refractivity contribution in [1.29, 1.82) is 0 Å². The van der Waals surface area contributed by atoms with Crippen LogP contribution in [0.4, 0.5) is 0 Å². The molecule has 1 heteroatoms. The van der Waals surface area contributed by atoms with E-state index in [4.69, 9.17) is 0 Å². The summed E-state index contributed by atoms with van der Waals surface area (Å²) in [4.78, 5) is 2.48. The Kier molecular flexibility index (Phi) is 5.31. The quantitative estimate of drug-likeness (QED) is 0.570. The summed E-state index contributed by atoms with van der Waals surface area (Å²) in [7, 11) is 2.22. The Morgan fingerprint density at radius 3 is 2.23 bits per heavy atom. The SMILES string of the molecule is C=CCC(CC)N(C)C(C)(C)CC. The number of hydrogen-bond donors (Lipinski definition) is 0. The molecule has 0 aromatic heterocycles. The van der Waals surface area contributed by atoms with Gasteiger partial charge in [-0.15, -0.1) is 6.58 Å². The van der Waals surface area contributed by atoms with Gasteiger partial charge in [-0.1, -0.05) is 19.9 Å². The molecular formula is C12H25N. The van der Waals surface area contributed by atoms with Gasteiger partial charge in [0, 0.05) is 11.6 Å². The first-order chi connectivity index (χ1) is 5.99. The highest BCUT2D eigenvalue weighted by molar-refractivity contribution is 4.86. The van der Waals surface area contributed by atoms with Crippen molar-refractivity contribution < 1.29 is 0 Å². The summed E-state index contributed by atoms with van der Waals surface area (Å²) in [5, 5.41) is 0. The van der Waals surface area contributed by atoms with Crippen LogP contribution in [0, 0.1) is 0 Å². The molecule has 0 N–H and O–H groups in total. The van der Waals surface area contributed by atoms with Gasteiger partial charge in [-0.2, -0.15) is 0 Å². The van der Waals surface area contributed by atoms with Crippen LogP contribution >= 0.6 is 0 Å². The molecule has 78 valence electrons. The second-order valence-corrected chi connectivity index (χ2v) is 4.36. The molecule has 13 heavy (non-hydrogen) atoms. The maximum atomic E-state index is 3.81. The van der Waals surface area contributed by atoms with Crippen molar-refractivity contribution in [3.8, 4) is 0 Å². The van der Waals surface area contributed by atoms with Crippen molar-refractivity contribution in [3.63, 3.8) is 0 Å². The third kappa shape index (κ3) is 3.51. The van der Waals surface area contributed by atoms with Crippen LogP contribution in [-0.2, 0) is 0 Å². The molecule has 0 rings (SSSR count). The van der Waals surface area contributed by atoms with Crippen LogP contribution in [0.3, 0.4) is 0 Å². The van der Waals surface area contributed by atoms with Crippen molar-refractivity contribution in [2.24, 2.45) is 0 Å². The monoisotopic (exact) mass is 183 g/mol. The van der Waals surface area contributed by atoms with Gasteiger partial charge >= 0.3 is 0 Å². The molecule has 0 aliphatic heterocycles. The van der Waals surface area contributed by atoms with Crippen molar-refractivity contribution in [3.05, 3.63) is 12.7 Å². The molecule has 0 bridgehead atoms. The third-order valence-electron chi connectivity index (χ3n) is 3.28. The molecule has 0 fully saturated rings. The van der Waals surface area contributed by atoms with Crippen molar-refractivity contribution in [1.82, 2.24) is 4.90 Å². The van der Waals surface area contributed by atoms with Crippen molar-refractivity contribution in [2.45, 2.75) is 58.5 Å². The van der Waals surface area contributed by atoms with Crippen LogP contribution < -0.4 is 0 Å². The maximum Gasteiger partial charge on any atom is 0.0150 e. The summed E-state index contributed by atoms with van der Waals surface area (Å²) >= 11 is 0. The van der Waals surface area contributed by atoms with E-state index in [1.54, 1.807) is 0 Å². The van der Waals surface area contributed by atoms with E-state index in [9.17, 15) is 0 Å². The zero-order chi connectivity index (χ0) is 10.5. The van der Waals surface area contributed by atoms with Crippen LogP contribution in [0.5, 0.6) is 0 Å². The molecule has 0 spiro atoms. The van der Waals surface area contributed by atoms with Gasteiger partial charge in [-0.05, 0) is 40.2 Å². The molecule has 1 atom stereocenters. The molecule has 0 saturated heterocycles. The van der Waals surface area contributed by atoms with E-state index in [0.29, 0.717) is 11.6 Å². The third-order valence-corrected chi connectivity index (χ3v) is 3.28. The molecule has 0 aromatic carbocycles. The molecule has 0 aliphatic carbocycles. The highest BCUT2D eigenvalue weighted by atomic mass is 15.2. The Morgan fingerprint density at radius 1 is 1.38 bits per heavy atom. The zero-order valence-electron chi connectivity index (χ0n) is 9.93. The van der Waals surface area contributed by atoms with Crippen LogP contribution in [0.15, 0.2) is 12.7 Å². The normalized spacial score (nSPS) is 14.6. The fourth-order valence-electron chi connectivity index (χ4n) is 1.53. The Morgan fingerprint density at radius 2 is 1.92 bits per heavy atom. The van der Waals surface area contributed by atoms with Crippen LogP contribution in [0.25, 0.3) is 0 Å². The van der Waals surface area contributed by atoms with Gasteiger partial charge in [0.2, 0.25) is 0 Å². The van der Waals surface area contributed by atoms with E-state index in [1.165, 1.54) is 12.8 Å². The zero-order valence-corrected chi connectivity index (χ0v) is 9.93. The van der Waals surface area contributed by atoms with Crippen molar-refractivity contribution >= 4 is 0 Å². The van der Waals surface area contributed by atoms with E-state index in [0.717, 1.165) is 6.42 Å². The summed E-state index contributed by atoms with van der Waals surface area (Å²) < 4.78 is 0. The minimum Gasteiger partial charge on any atom is -0.298 e. The van der Waals surface area contributed by atoms with Gasteiger partial charge in [0.15, 0.2) is 0 Å². The fraction of sp³-hybridized carbons (Fsp3) is 0.833. The van der Waals surface area contributed by atoms with E-state index in [-0.39, 0.29) is 0 Å². The van der Waals surface area contributed by atoms with Gasteiger partial charge in [0.1, 0.15) is 0 Å². The summed E-state index contributed by atoms with van der Waals surface area (Å²) in [6, 6.07) is 0.646. The van der Waals surface area contributed by atoms with Crippen molar-refractivity contribution in [2.75, 3.05) is 7.05 Å². The van der Waals surface area contributed by atoms with E-state index < -0.39 is 0 Å². The molecule has 0 aliphatic rings. The lowest BCUT2D eigenvalue weighted by atomic mass is 9.96. The number of hydrogen-bond acceptors (Lipinski definition) is 1. The largest absolute Gasteiger partial charge is 0.298 e.